The molecule has 4 heterocycles. The smallest absolute Gasteiger partial charge is 0.355 e. The van der Waals surface area contributed by atoms with E-state index < -0.39 is 21.9 Å². The molecule has 16 heteroatoms. The quantitative estimate of drug-likeness (QED) is 0.350. The van der Waals surface area contributed by atoms with Crippen LogP contribution in [0.15, 0.2) is 36.7 Å². The number of nitrogens with zero attached hydrogens (tertiary/aromatic N) is 6. The molecule has 0 unspecified atom stereocenters. The molecular formula is C24H35F3IN7O4S. The normalized spacial score (nSPS) is 20.6. The minimum atomic E-state index is -4.31. The van der Waals surface area contributed by atoms with Crippen LogP contribution in [-0.4, -0.2) is 88.5 Å². The number of nitrogens with one attached hydrogen (secondary N) is 1. The predicted molar refractivity (Wildman–Crippen MR) is 152 cm³/mol. The largest absolute Gasteiger partial charge is 0.416 e. The molecule has 1 aromatic carbocycles. The van der Waals surface area contributed by atoms with E-state index in [1.165, 1.54) is 20.7 Å². The van der Waals surface area contributed by atoms with Crippen LogP contribution in [0.3, 0.4) is 0 Å². The van der Waals surface area contributed by atoms with Gasteiger partial charge in [-0.25, -0.2) is 4.68 Å². The predicted octanol–water partition coefficient (Wildman–Crippen LogP) is 2.53. The maximum Gasteiger partial charge on any atom is 0.416 e. The number of hydrogen-bond donors (Lipinski definition) is 1. The first-order valence-corrected chi connectivity index (χ1v) is 14.2. The van der Waals surface area contributed by atoms with E-state index in [4.69, 9.17) is 0 Å². The van der Waals surface area contributed by atoms with Crippen LogP contribution >= 0.6 is 24.0 Å². The van der Waals surface area contributed by atoms with E-state index >= 15 is 0 Å². The van der Waals surface area contributed by atoms with Crippen LogP contribution in [0.2, 0.25) is 0 Å². The first-order valence-electron chi connectivity index (χ1n) is 12.8. The average Bonchev–Trinajstić information content (AvgIpc) is 3.61. The van der Waals surface area contributed by atoms with Crippen LogP contribution in [0.25, 0.3) is 0 Å². The topological polar surface area (TPSA) is 121 Å². The molecule has 0 spiro atoms. The number of piperidine rings is 1. The fourth-order valence-electron chi connectivity index (χ4n) is 4.87. The van der Waals surface area contributed by atoms with Gasteiger partial charge in [-0.05, 0) is 43.4 Å². The number of benzene rings is 1. The van der Waals surface area contributed by atoms with Crippen molar-refractivity contribution in [2.24, 2.45) is 5.92 Å². The van der Waals surface area contributed by atoms with Gasteiger partial charge in [-0.1, -0.05) is 17.3 Å². The summed E-state index contributed by atoms with van der Waals surface area (Å²) >= 11 is 0. The summed E-state index contributed by atoms with van der Waals surface area (Å²) in [5, 5.41) is 10.1. The van der Waals surface area contributed by atoms with E-state index in [-0.39, 0.29) is 49.8 Å². The summed E-state index contributed by atoms with van der Waals surface area (Å²) in [4.78, 5) is 24.4. The van der Waals surface area contributed by atoms with Gasteiger partial charge in [-0.15, -0.1) is 29.1 Å². The van der Waals surface area contributed by atoms with Gasteiger partial charge in [-0.3, -0.25) is 9.59 Å². The average molecular weight is 702 g/mol. The lowest BCUT2D eigenvalue weighted by Crippen LogP contribution is -2.57. The lowest BCUT2D eigenvalue weighted by molar-refractivity contribution is -0.137. The van der Waals surface area contributed by atoms with Gasteiger partial charge < -0.3 is 10.2 Å². The van der Waals surface area contributed by atoms with Gasteiger partial charge >= 0.3 is 6.18 Å². The molecule has 5 rings (SSSR count). The zero-order valence-corrected chi connectivity index (χ0v) is 24.9. The molecule has 1 atom stereocenters. The van der Waals surface area contributed by atoms with Gasteiger partial charge in [0.05, 0.1) is 23.7 Å². The zero-order chi connectivity index (χ0) is 28.0. The maximum absolute atomic E-state index is 12.9. The monoisotopic (exact) mass is 701 g/mol. The van der Waals surface area contributed by atoms with Gasteiger partial charge in [0.15, 0.2) is 0 Å². The Bertz CT molecular complexity index is 1210. The molecule has 224 valence electrons. The Labute approximate surface area is 249 Å². The number of likely N-dealkylation sites (tertiary alicyclic amines) is 1. The molecule has 40 heavy (non-hydrogen) atoms. The Morgan fingerprint density at radius 3 is 2.30 bits per heavy atom. The molecule has 11 nitrogen and oxygen atoms in total. The second kappa shape index (κ2) is 14.0. The SMILES string of the molecule is I.O=C([C@H]1CCCN(S(=O)(=O)N2CC(n3ccnn3)C2)C1)N1CCCC1.O=CNCc1ccc(C(F)(F)F)cc1.[HH]. The molecule has 3 fully saturated rings. The minimum Gasteiger partial charge on any atom is -0.355 e. The zero-order valence-electron chi connectivity index (χ0n) is 21.7. The number of halogens is 4. The highest BCUT2D eigenvalue weighted by molar-refractivity contribution is 14.0. The molecule has 0 aliphatic carbocycles. The van der Waals surface area contributed by atoms with Crippen molar-refractivity contribution < 1.29 is 32.6 Å². The molecule has 3 aliphatic heterocycles. The van der Waals surface area contributed by atoms with E-state index in [1.54, 1.807) is 17.1 Å². The number of alkyl halides is 3. The number of carbonyl (C=O) groups is 2. The summed E-state index contributed by atoms with van der Waals surface area (Å²) in [6, 6.07) is 4.69. The van der Waals surface area contributed by atoms with Crippen molar-refractivity contribution in [3.63, 3.8) is 0 Å². The number of aromatic nitrogens is 3. The van der Waals surface area contributed by atoms with Gasteiger partial charge in [0, 0.05) is 53.4 Å². The number of rotatable bonds is 7. The van der Waals surface area contributed by atoms with Crippen molar-refractivity contribution in [2.45, 2.75) is 44.4 Å². The summed E-state index contributed by atoms with van der Waals surface area (Å²) in [6.07, 6.45) is 3.16. The Morgan fingerprint density at radius 1 is 1.05 bits per heavy atom. The first kappa shape index (κ1) is 32.2. The molecule has 1 aromatic heterocycles. The second-order valence-corrected chi connectivity index (χ2v) is 11.7. The minimum absolute atomic E-state index is 0. The molecule has 0 saturated carbocycles. The van der Waals surface area contributed by atoms with Crippen molar-refractivity contribution in [1.29, 1.82) is 0 Å². The van der Waals surface area contributed by atoms with Crippen LogP contribution < -0.4 is 5.32 Å². The number of hydrogen-bond acceptors (Lipinski definition) is 6. The van der Waals surface area contributed by atoms with Gasteiger partial charge in [0.2, 0.25) is 12.3 Å². The Balaban J connectivity index is 0.000000318. The number of carbonyl (C=O) groups excluding carboxylic acids is 2. The van der Waals surface area contributed by atoms with Crippen molar-refractivity contribution in [3.05, 3.63) is 47.8 Å². The third-order valence-corrected chi connectivity index (χ3v) is 9.05. The van der Waals surface area contributed by atoms with Crippen molar-refractivity contribution in [3.8, 4) is 0 Å². The lowest BCUT2D eigenvalue weighted by atomic mass is 9.98. The second-order valence-electron chi connectivity index (χ2n) is 9.78. The Hall–Kier alpha value is -2.31. The van der Waals surface area contributed by atoms with E-state index in [1.807, 2.05) is 4.90 Å². The standard InChI is InChI=1S/C15H24N6O3S.C9H8F3NO.HI.H2/c22-15(18-6-1-2-7-18)13-4-3-8-19(10-13)25(23,24)20-11-14(12-20)21-9-5-16-17-21;10-9(11,12)8-3-1-7(2-4-8)5-13-6-14;;/h5,9,13-14H,1-4,6-8,10-12H2;1-4,6H,5H2,(H,13,14);2*1H/t13-;;;/m0.../s1. The fraction of sp³-hybridized carbons (Fsp3) is 0.583. The summed E-state index contributed by atoms with van der Waals surface area (Å²) in [7, 11) is -3.50. The van der Waals surface area contributed by atoms with E-state index in [0.717, 1.165) is 50.9 Å². The Kier molecular flexibility index (Phi) is 11.3. The highest BCUT2D eigenvalue weighted by atomic mass is 127. The van der Waals surface area contributed by atoms with Crippen LogP contribution in [0.1, 0.15) is 44.3 Å². The van der Waals surface area contributed by atoms with Crippen LogP contribution in [0, 0.1) is 5.92 Å². The summed E-state index contributed by atoms with van der Waals surface area (Å²) in [5.74, 6) is -0.0736. The molecule has 3 saturated heterocycles. The maximum atomic E-state index is 12.9. The van der Waals surface area contributed by atoms with Crippen molar-refractivity contribution in [2.75, 3.05) is 39.3 Å². The summed E-state index contributed by atoms with van der Waals surface area (Å²) < 4.78 is 66.7. The van der Waals surface area contributed by atoms with Gasteiger partial charge in [-0.2, -0.15) is 30.2 Å². The molecular weight excluding hydrogens is 666 g/mol. The molecule has 2 aromatic rings. The summed E-state index contributed by atoms with van der Waals surface area (Å²) in [5.41, 5.74) is -0.0579. The van der Waals surface area contributed by atoms with E-state index in [9.17, 15) is 31.2 Å². The van der Waals surface area contributed by atoms with Gasteiger partial charge in [0.25, 0.3) is 10.2 Å². The highest BCUT2D eigenvalue weighted by Crippen LogP contribution is 2.30. The molecule has 0 radical (unpaired) electrons. The van der Waals surface area contributed by atoms with E-state index in [2.05, 4.69) is 15.6 Å². The van der Waals surface area contributed by atoms with Gasteiger partial charge in [0.1, 0.15) is 0 Å². The highest BCUT2D eigenvalue weighted by Gasteiger charge is 2.43. The molecule has 2 amide bonds. The van der Waals surface area contributed by atoms with Crippen LogP contribution in [0.4, 0.5) is 13.2 Å². The third-order valence-electron chi connectivity index (χ3n) is 7.12. The molecule has 3 aliphatic rings. The van der Waals surface area contributed by atoms with E-state index in [0.29, 0.717) is 38.2 Å². The van der Waals surface area contributed by atoms with Crippen molar-refractivity contribution >= 4 is 46.5 Å². The fourth-order valence-corrected chi connectivity index (χ4v) is 6.64. The summed E-state index contributed by atoms with van der Waals surface area (Å²) in [6.45, 7) is 3.49. The third kappa shape index (κ3) is 7.91. The molecule has 1 N–H and O–H groups in total. The molecule has 0 bridgehead atoms. The van der Waals surface area contributed by atoms with Crippen LogP contribution in [-0.2, 0) is 32.5 Å². The van der Waals surface area contributed by atoms with Crippen LogP contribution in [0.5, 0.6) is 0 Å². The Morgan fingerprint density at radius 2 is 1.73 bits per heavy atom. The van der Waals surface area contributed by atoms with Crippen molar-refractivity contribution in [1.82, 2.24) is 33.8 Å². The first-order chi connectivity index (χ1) is 18.6. The lowest BCUT2D eigenvalue weighted by Gasteiger charge is -2.42. The number of amides is 2.